The lowest BCUT2D eigenvalue weighted by Gasteiger charge is -2.16. The summed E-state index contributed by atoms with van der Waals surface area (Å²) in [6.45, 7) is 3.67. The number of benzene rings is 1. The SMILES string of the molecule is CCOc1ccc(OCC(=O)O[C@@H](C)C(=O)NCCN2C(=O)CSC2=O)cc1. The highest BCUT2D eigenvalue weighted by Crippen LogP contribution is 2.18. The molecule has 1 fully saturated rings. The van der Waals surface area contributed by atoms with Crippen molar-refractivity contribution in [3.8, 4) is 11.5 Å². The summed E-state index contributed by atoms with van der Waals surface area (Å²) in [4.78, 5) is 47.8. The number of amides is 3. The van der Waals surface area contributed by atoms with E-state index in [9.17, 15) is 19.2 Å². The summed E-state index contributed by atoms with van der Waals surface area (Å²) in [6, 6.07) is 6.75. The van der Waals surface area contributed by atoms with E-state index in [1.807, 2.05) is 6.92 Å². The van der Waals surface area contributed by atoms with Gasteiger partial charge in [0.1, 0.15) is 11.5 Å². The summed E-state index contributed by atoms with van der Waals surface area (Å²) < 4.78 is 15.6. The Hall–Kier alpha value is -2.75. The van der Waals surface area contributed by atoms with E-state index in [1.54, 1.807) is 24.3 Å². The van der Waals surface area contributed by atoms with Gasteiger partial charge >= 0.3 is 5.97 Å². The van der Waals surface area contributed by atoms with Crippen LogP contribution >= 0.6 is 11.8 Å². The molecule has 1 aromatic rings. The Morgan fingerprint density at radius 3 is 2.39 bits per heavy atom. The van der Waals surface area contributed by atoms with Gasteiger partial charge in [0.2, 0.25) is 5.91 Å². The molecule has 0 aromatic heterocycles. The van der Waals surface area contributed by atoms with E-state index in [1.165, 1.54) is 6.92 Å². The van der Waals surface area contributed by atoms with E-state index >= 15 is 0 Å². The van der Waals surface area contributed by atoms with Gasteiger partial charge in [-0.3, -0.25) is 19.3 Å². The lowest BCUT2D eigenvalue weighted by molar-refractivity contribution is -0.156. The number of carbonyl (C=O) groups is 4. The zero-order chi connectivity index (χ0) is 20.5. The van der Waals surface area contributed by atoms with Crippen LogP contribution in [-0.2, 0) is 19.1 Å². The van der Waals surface area contributed by atoms with Crippen molar-refractivity contribution in [1.29, 1.82) is 0 Å². The third kappa shape index (κ3) is 6.45. The monoisotopic (exact) mass is 410 g/mol. The van der Waals surface area contributed by atoms with Gasteiger partial charge in [-0.25, -0.2) is 4.79 Å². The first-order valence-corrected chi connectivity index (χ1v) is 9.69. The Morgan fingerprint density at radius 1 is 1.18 bits per heavy atom. The minimum absolute atomic E-state index is 0.0813. The maximum Gasteiger partial charge on any atom is 0.344 e. The van der Waals surface area contributed by atoms with Crippen LogP contribution in [0, 0.1) is 0 Å². The van der Waals surface area contributed by atoms with Gasteiger partial charge < -0.3 is 19.5 Å². The maximum absolute atomic E-state index is 12.0. The summed E-state index contributed by atoms with van der Waals surface area (Å²) in [5, 5.41) is 2.19. The molecule has 10 heteroatoms. The molecule has 0 bridgehead atoms. The third-order valence-corrected chi connectivity index (χ3v) is 4.50. The second kappa shape index (κ2) is 10.5. The number of ether oxygens (including phenoxy) is 3. The summed E-state index contributed by atoms with van der Waals surface area (Å²) >= 11 is 0.928. The van der Waals surface area contributed by atoms with Crippen LogP contribution in [0.3, 0.4) is 0 Å². The predicted octanol–water partition coefficient (Wildman–Crippen LogP) is 1.21. The van der Waals surface area contributed by atoms with Crippen molar-refractivity contribution in [2.24, 2.45) is 0 Å². The molecule has 1 aliphatic heterocycles. The molecule has 1 aliphatic rings. The van der Waals surface area contributed by atoms with Crippen LogP contribution in [0.4, 0.5) is 4.79 Å². The molecule has 9 nitrogen and oxygen atoms in total. The average Bonchev–Trinajstić information content (AvgIpc) is 2.99. The van der Waals surface area contributed by atoms with Crippen LogP contribution in [0.15, 0.2) is 24.3 Å². The number of rotatable bonds is 10. The van der Waals surface area contributed by atoms with Gasteiger partial charge in [-0.05, 0) is 38.1 Å². The second-order valence-electron chi connectivity index (χ2n) is 5.72. The molecule has 3 amide bonds. The number of nitrogens with one attached hydrogen (secondary N) is 1. The molecule has 0 aliphatic carbocycles. The zero-order valence-electron chi connectivity index (χ0n) is 15.6. The summed E-state index contributed by atoms with van der Waals surface area (Å²) in [7, 11) is 0. The fourth-order valence-electron chi connectivity index (χ4n) is 2.26. The quantitative estimate of drug-likeness (QED) is 0.573. The summed E-state index contributed by atoms with van der Waals surface area (Å²) in [5.41, 5.74) is 0. The van der Waals surface area contributed by atoms with Crippen LogP contribution in [0.25, 0.3) is 0 Å². The Bertz CT molecular complexity index is 707. The van der Waals surface area contributed by atoms with Gasteiger partial charge in [0.15, 0.2) is 12.7 Å². The molecule has 0 unspecified atom stereocenters. The van der Waals surface area contributed by atoms with Crippen LogP contribution in [-0.4, -0.2) is 66.1 Å². The van der Waals surface area contributed by atoms with E-state index < -0.39 is 18.0 Å². The van der Waals surface area contributed by atoms with Gasteiger partial charge in [-0.15, -0.1) is 0 Å². The Morgan fingerprint density at radius 2 is 1.82 bits per heavy atom. The molecule has 1 heterocycles. The predicted molar refractivity (Wildman–Crippen MR) is 101 cm³/mol. The first-order valence-electron chi connectivity index (χ1n) is 8.70. The normalized spacial score (nSPS) is 14.6. The van der Waals surface area contributed by atoms with E-state index in [2.05, 4.69) is 5.32 Å². The molecule has 2 rings (SSSR count). The first-order chi connectivity index (χ1) is 13.4. The minimum Gasteiger partial charge on any atom is -0.494 e. The summed E-state index contributed by atoms with van der Waals surface area (Å²) in [5.74, 6) is -0.224. The topological polar surface area (TPSA) is 111 Å². The van der Waals surface area contributed by atoms with Crippen LogP contribution in [0.2, 0.25) is 0 Å². The van der Waals surface area contributed by atoms with E-state index in [4.69, 9.17) is 14.2 Å². The molecule has 0 saturated carbocycles. The summed E-state index contributed by atoms with van der Waals surface area (Å²) in [6.07, 6.45) is -1.03. The lowest BCUT2D eigenvalue weighted by Crippen LogP contribution is -2.42. The maximum atomic E-state index is 12.0. The molecule has 1 N–H and O–H groups in total. The highest BCUT2D eigenvalue weighted by atomic mass is 32.2. The highest BCUT2D eigenvalue weighted by molar-refractivity contribution is 8.14. The van der Waals surface area contributed by atoms with Crippen molar-refractivity contribution >= 4 is 34.8 Å². The van der Waals surface area contributed by atoms with E-state index in [0.717, 1.165) is 16.7 Å². The van der Waals surface area contributed by atoms with Crippen molar-refractivity contribution in [3.63, 3.8) is 0 Å². The molecule has 152 valence electrons. The van der Waals surface area contributed by atoms with Gasteiger partial charge in [-0.1, -0.05) is 11.8 Å². The van der Waals surface area contributed by atoms with Crippen LogP contribution in [0.5, 0.6) is 11.5 Å². The Balaban J connectivity index is 1.67. The Kier molecular flexibility index (Phi) is 8.12. The Labute approximate surface area is 166 Å². The molecule has 1 aromatic carbocycles. The molecular formula is C18H22N2O7S. The number of hydrogen-bond acceptors (Lipinski definition) is 8. The fourth-order valence-corrected chi connectivity index (χ4v) is 3.01. The average molecular weight is 410 g/mol. The van der Waals surface area contributed by atoms with Gasteiger partial charge in [0.05, 0.1) is 12.4 Å². The molecule has 1 saturated heterocycles. The first kappa shape index (κ1) is 21.5. The number of esters is 1. The third-order valence-electron chi connectivity index (χ3n) is 3.64. The van der Waals surface area contributed by atoms with E-state index in [0.29, 0.717) is 18.1 Å². The number of thioether (sulfide) groups is 1. The molecule has 0 radical (unpaired) electrons. The van der Waals surface area contributed by atoms with Crippen LogP contribution < -0.4 is 14.8 Å². The molecule has 1 atom stereocenters. The highest BCUT2D eigenvalue weighted by Gasteiger charge is 2.29. The van der Waals surface area contributed by atoms with Crippen molar-refractivity contribution in [3.05, 3.63) is 24.3 Å². The minimum atomic E-state index is -1.03. The second-order valence-corrected chi connectivity index (χ2v) is 6.64. The number of carbonyl (C=O) groups excluding carboxylic acids is 4. The van der Waals surface area contributed by atoms with Crippen molar-refractivity contribution in [1.82, 2.24) is 10.2 Å². The molecular weight excluding hydrogens is 388 g/mol. The van der Waals surface area contributed by atoms with Gasteiger partial charge in [-0.2, -0.15) is 0 Å². The number of nitrogens with zero attached hydrogens (tertiary/aromatic N) is 1. The molecule has 28 heavy (non-hydrogen) atoms. The van der Waals surface area contributed by atoms with Gasteiger partial charge in [0.25, 0.3) is 11.1 Å². The van der Waals surface area contributed by atoms with Crippen molar-refractivity contribution in [2.75, 3.05) is 32.1 Å². The van der Waals surface area contributed by atoms with Crippen molar-refractivity contribution in [2.45, 2.75) is 20.0 Å². The number of imide groups is 1. The largest absolute Gasteiger partial charge is 0.494 e. The van der Waals surface area contributed by atoms with E-state index in [-0.39, 0.29) is 36.6 Å². The number of hydrogen-bond donors (Lipinski definition) is 1. The smallest absolute Gasteiger partial charge is 0.344 e. The van der Waals surface area contributed by atoms with Crippen LogP contribution in [0.1, 0.15) is 13.8 Å². The van der Waals surface area contributed by atoms with Gasteiger partial charge in [0, 0.05) is 13.1 Å². The fraction of sp³-hybridized carbons (Fsp3) is 0.444. The zero-order valence-corrected chi connectivity index (χ0v) is 16.5. The van der Waals surface area contributed by atoms with Crippen molar-refractivity contribution < 1.29 is 33.4 Å². The standard InChI is InChI=1S/C18H22N2O7S/c1-3-25-13-4-6-14(7-5-13)26-10-16(22)27-12(2)17(23)19-8-9-20-15(21)11-28-18(20)24/h4-7,12H,3,8-11H2,1-2H3,(H,19,23)/t12-/m0/s1. The lowest BCUT2D eigenvalue weighted by atomic mass is 10.3. The molecule has 0 spiro atoms.